The molecule has 0 aliphatic carbocycles. The molecule has 0 radical (unpaired) electrons. The van der Waals surface area contributed by atoms with E-state index in [1.165, 1.54) is 5.56 Å². The Morgan fingerprint density at radius 1 is 1.10 bits per heavy atom. The number of benzene rings is 2. The first-order valence-electron chi connectivity index (χ1n) is 9.63. The summed E-state index contributed by atoms with van der Waals surface area (Å²) in [6.07, 6.45) is 3.43. The average molecular weight is 421 g/mol. The monoisotopic (exact) mass is 420 g/mol. The second kappa shape index (κ2) is 8.16. The molecule has 2 aromatic carbocycles. The van der Waals surface area contributed by atoms with E-state index in [4.69, 9.17) is 11.6 Å². The number of nitrogens with one attached hydrogen (secondary N) is 1. The van der Waals surface area contributed by atoms with E-state index >= 15 is 0 Å². The molecular formula is C23H21ClN4O2. The highest BCUT2D eigenvalue weighted by Gasteiger charge is 2.12. The number of rotatable bonds is 5. The van der Waals surface area contributed by atoms with Crippen molar-refractivity contribution in [2.24, 2.45) is 0 Å². The number of hydrogen-bond acceptors (Lipinski definition) is 3. The second-order valence-corrected chi connectivity index (χ2v) is 7.62. The number of nitrogens with zero attached hydrogens (tertiary/aromatic N) is 3. The summed E-state index contributed by atoms with van der Waals surface area (Å²) in [5, 5.41) is 7.75. The third kappa shape index (κ3) is 3.86. The molecule has 0 bridgehead atoms. The van der Waals surface area contributed by atoms with Crippen LogP contribution in [-0.2, 0) is 6.54 Å². The molecule has 2 heterocycles. The van der Waals surface area contributed by atoms with Crippen LogP contribution in [0.5, 0.6) is 0 Å². The van der Waals surface area contributed by atoms with Crippen molar-refractivity contribution in [2.45, 2.75) is 20.4 Å². The van der Waals surface area contributed by atoms with Gasteiger partial charge in [0.2, 0.25) is 0 Å². The molecule has 0 aliphatic rings. The molecule has 0 unspecified atom stereocenters. The van der Waals surface area contributed by atoms with Gasteiger partial charge in [0.05, 0.1) is 16.3 Å². The van der Waals surface area contributed by atoms with Gasteiger partial charge in [-0.05, 0) is 37.6 Å². The van der Waals surface area contributed by atoms with Crippen LogP contribution in [0.4, 0.5) is 0 Å². The predicted octanol–water partition coefficient (Wildman–Crippen LogP) is 3.86. The Labute approximate surface area is 178 Å². The number of fused-ring (bicyclic) bond motifs is 1. The highest BCUT2D eigenvalue weighted by molar-refractivity contribution is 6.33. The summed E-state index contributed by atoms with van der Waals surface area (Å²) in [6, 6.07) is 14.8. The highest BCUT2D eigenvalue weighted by Crippen LogP contribution is 2.23. The van der Waals surface area contributed by atoms with Crippen LogP contribution in [0.2, 0.25) is 5.02 Å². The van der Waals surface area contributed by atoms with Crippen LogP contribution < -0.4 is 10.9 Å². The lowest BCUT2D eigenvalue weighted by molar-refractivity contribution is 0.0952. The molecule has 4 aromatic rings. The molecule has 30 heavy (non-hydrogen) atoms. The second-order valence-electron chi connectivity index (χ2n) is 7.21. The van der Waals surface area contributed by atoms with E-state index in [0.717, 1.165) is 16.8 Å². The Morgan fingerprint density at radius 2 is 1.90 bits per heavy atom. The van der Waals surface area contributed by atoms with E-state index in [1.54, 1.807) is 51.8 Å². The maximum atomic E-state index is 12.9. The largest absolute Gasteiger partial charge is 0.350 e. The maximum absolute atomic E-state index is 12.9. The Bertz CT molecular complexity index is 1310. The minimum atomic E-state index is -0.267. The minimum absolute atomic E-state index is 0.159. The quantitative estimate of drug-likeness (QED) is 0.533. The lowest BCUT2D eigenvalue weighted by atomic mass is 10.0. The molecule has 1 amide bonds. The van der Waals surface area contributed by atoms with Gasteiger partial charge in [-0.2, -0.15) is 5.10 Å². The molecule has 1 N–H and O–H groups in total. The molecule has 0 fully saturated rings. The normalized spacial score (nSPS) is 11.0. The summed E-state index contributed by atoms with van der Waals surface area (Å²) in [6.45, 7) is 4.73. The van der Waals surface area contributed by atoms with E-state index in [9.17, 15) is 9.59 Å². The molecule has 2 aromatic heterocycles. The Morgan fingerprint density at radius 3 is 2.67 bits per heavy atom. The van der Waals surface area contributed by atoms with E-state index < -0.39 is 0 Å². The fourth-order valence-corrected chi connectivity index (χ4v) is 3.69. The van der Waals surface area contributed by atoms with Crippen molar-refractivity contribution in [2.75, 3.05) is 6.54 Å². The van der Waals surface area contributed by atoms with Gasteiger partial charge in [-0.1, -0.05) is 47.5 Å². The van der Waals surface area contributed by atoms with Crippen LogP contribution in [0, 0.1) is 13.8 Å². The molecule has 6 nitrogen and oxygen atoms in total. The summed E-state index contributed by atoms with van der Waals surface area (Å²) >= 11 is 6.05. The average Bonchev–Trinajstić information content (AvgIpc) is 3.15. The van der Waals surface area contributed by atoms with Gasteiger partial charge in [0.25, 0.3) is 11.5 Å². The van der Waals surface area contributed by atoms with E-state index in [1.807, 2.05) is 26.0 Å². The molecule has 0 saturated carbocycles. The number of halogens is 1. The Hall–Kier alpha value is -3.38. The third-order valence-electron chi connectivity index (χ3n) is 5.02. The Kier molecular flexibility index (Phi) is 5.42. The van der Waals surface area contributed by atoms with Crippen LogP contribution in [0.1, 0.15) is 21.5 Å². The first-order valence-corrected chi connectivity index (χ1v) is 10.0. The molecular weight excluding hydrogens is 400 g/mol. The molecule has 0 saturated heterocycles. The zero-order valence-electron chi connectivity index (χ0n) is 16.7. The molecule has 152 valence electrons. The van der Waals surface area contributed by atoms with E-state index in [2.05, 4.69) is 16.5 Å². The van der Waals surface area contributed by atoms with Crippen LogP contribution in [-0.4, -0.2) is 26.6 Å². The van der Waals surface area contributed by atoms with Crippen molar-refractivity contribution in [3.63, 3.8) is 0 Å². The van der Waals surface area contributed by atoms with Gasteiger partial charge in [-0.3, -0.25) is 9.59 Å². The lowest BCUT2D eigenvalue weighted by Crippen LogP contribution is -2.31. The van der Waals surface area contributed by atoms with Gasteiger partial charge in [0.15, 0.2) is 0 Å². The zero-order valence-corrected chi connectivity index (χ0v) is 17.5. The first kappa shape index (κ1) is 19.9. The third-order valence-corrected chi connectivity index (χ3v) is 5.35. The van der Waals surface area contributed by atoms with Crippen molar-refractivity contribution in [3.05, 3.63) is 93.0 Å². The molecule has 0 spiro atoms. The predicted molar refractivity (Wildman–Crippen MR) is 118 cm³/mol. The maximum Gasteiger partial charge on any atom is 0.276 e. The summed E-state index contributed by atoms with van der Waals surface area (Å²) < 4.78 is 3.16. The smallest absolute Gasteiger partial charge is 0.276 e. The van der Waals surface area contributed by atoms with Gasteiger partial charge >= 0.3 is 0 Å². The van der Waals surface area contributed by atoms with Gasteiger partial charge in [-0.15, -0.1) is 0 Å². The van der Waals surface area contributed by atoms with Gasteiger partial charge in [-0.25, -0.2) is 4.52 Å². The van der Waals surface area contributed by atoms with Crippen LogP contribution >= 0.6 is 11.6 Å². The van der Waals surface area contributed by atoms with E-state index in [0.29, 0.717) is 29.2 Å². The standard InChI is InChI=1S/C23H21ClN4O2/c1-15-7-8-17(16(2)13-15)20-14-21-23(30)27(11-12-28(21)26-20)10-9-25-22(29)18-5-3-4-6-19(18)24/h3-8,11-14H,9-10H2,1-2H3,(H,25,29). The highest BCUT2D eigenvalue weighted by atomic mass is 35.5. The molecule has 7 heteroatoms. The van der Waals surface area contributed by atoms with Crippen molar-refractivity contribution in [1.82, 2.24) is 19.5 Å². The summed E-state index contributed by atoms with van der Waals surface area (Å²) in [7, 11) is 0. The van der Waals surface area contributed by atoms with Crippen molar-refractivity contribution >= 4 is 23.0 Å². The number of amides is 1. The first-order chi connectivity index (χ1) is 14.4. The van der Waals surface area contributed by atoms with Gasteiger partial charge in [0.1, 0.15) is 5.52 Å². The number of aromatic nitrogens is 3. The Balaban J connectivity index is 1.53. The summed E-state index contributed by atoms with van der Waals surface area (Å²) in [4.78, 5) is 25.2. The molecule has 0 aliphatic heterocycles. The topological polar surface area (TPSA) is 68.4 Å². The lowest BCUT2D eigenvalue weighted by Gasteiger charge is -2.08. The zero-order chi connectivity index (χ0) is 21.3. The minimum Gasteiger partial charge on any atom is -0.350 e. The van der Waals surface area contributed by atoms with Crippen LogP contribution in [0.15, 0.2) is 65.7 Å². The fraction of sp³-hybridized carbons (Fsp3) is 0.174. The van der Waals surface area contributed by atoms with Crippen LogP contribution in [0.25, 0.3) is 16.8 Å². The SMILES string of the molecule is Cc1ccc(-c2cc3c(=O)n(CCNC(=O)c4ccccc4Cl)ccn3n2)c(C)c1. The summed E-state index contributed by atoms with van der Waals surface area (Å²) in [5.41, 5.74) is 4.80. The molecule has 0 atom stereocenters. The number of aryl methyl sites for hydroxylation is 2. The molecule has 4 rings (SSSR count). The fourth-order valence-electron chi connectivity index (χ4n) is 3.47. The van der Waals surface area contributed by atoms with Crippen LogP contribution in [0.3, 0.4) is 0 Å². The number of carbonyl (C=O) groups is 1. The van der Waals surface area contributed by atoms with Crippen molar-refractivity contribution in [3.8, 4) is 11.3 Å². The van der Waals surface area contributed by atoms with Crippen molar-refractivity contribution in [1.29, 1.82) is 0 Å². The number of hydrogen-bond donors (Lipinski definition) is 1. The van der Waals surface area contributed by atoms with Crippen molar-refractivity contribution < 1.29 is 4.79 Å². The van der Waals surface area contributed by atoms with Gasteiger partial charge < -0.3 is 9.88 Å². The van der Waals surface area contributed by atoms with Gasteiger partial charge in [0, 0.05) is 31.0 Å². The van der Waals surface area contributed by atoms with E-state index in [-0.39, 0.29) is 11.5 Å². The summed E-state index contributed by atoms with van der Waals surface area (Å²) in [5.74, 6) is -0.267. The number of carbonyl (C=O) groups excluding carboxylic acids is 1.